The number of nitrogens with zero attached hydrogens (tertiary/aromatic N) is 8. The van der Waals surface area contributed by atoms with Crippen LogP contribution in [0.1, 0.15) is 44.9 Å². The van der Waals surface area contributed by atoms with Crippen molar-refractivity contribution in [2.75, 3.05) is 62.5 Å². The average Bonchev–Trinajstić information content (AvgIpc) is 3.69. The Kier molecular flexibility index (Phi) is 7.76. The first-order chi connectivity index (χ1) is 19.9. The van der Waals surface area contributed by atoms with Crippen molar-refractivity contribution in [3.8, 4) is 17.2 Å². The number of methoxy groups -OCH3 is 1. The number of ether oxygens (including phenoxy) is 1. The van der Waals surface area contributed by atoms with Crippen molar-refractivity contribution >= 4 is 29.0 Å². The van der Waals surface area contributed by atoms with Gasteiger partial charge in [-0.05, 0) is 44.5 Å². The SMILES string of the molecule is CC[C@@H]1C(=O)N(C)c2cnc(Nc3ccc(-c4nnc(CN5CCN(C)CC5)o4)cc3OC)nc2N1C1CCCC1. The molecule has 1 aromatic carbocycles. The molecule has 1 saturated carbocycles. The van der Waals surface area contributed by atoms with Crippen LogP contribution in [0.5, 0.6) is 5.75 Å². The molecule has 2 aromatic heterocycles. The van der Waals surface area contributed by atoms with Crippen LogP contribution in [-0.4, -0.2) is 95.3 Å². The van der Waals surface area contributed by atoms with E-state index in [1.165, 1.54) is 12.8 Å². The van der Waals surface area contributed by atoms with E-state index in [4.69, 9.17) is 14.1 Å². The van der Waals surface area contributed by atoms with Crippen molar-refractivity contribution in [1.29, 1.82) is 0 Å². The second kappa shape index (κ2) is 11.6. The van der Waals surface area contributed by atoms with Gasteiger partial charge in [-0.25, -0.2) is 4.98 Å². The van der Waals surface area contributed by atoms with Gasteiger partial charge in [-0.1, -0.05) is 19.8 Å². The predicted octanol–water partition coefficient (Wildman–Crippen LogP) is 3.53. The lowest BCUT2D eigenvalue weighted by Gasteiger charge is -2.43. The fourth-order valence-electron chi connectivity index (χ4n) is 6.12. The normalized spacial score (nSPS) is 20.5. The lowest BCUT2D eigenvalue weighted by Crippen LogP contribution is -2.55. The second-order valence-electron chi connectivity index (χ2n) is 11.2. The summed E-state index contributed by atoms with van der Waals surface area (Å²) in [7, 11) is 5.57. The molecule has 1 atom stereocenters. The van der Waals surface area contributed by atoms with Crippen LogP contribution < -0.4 is 19.9 Å². The third-order valence-corrected chi connectivity index (χ3v) is 8.53. The maximum Gasteiger partial charge on any atom is 0.249 e. The van der Waals surface area contributed by atoms with E-state index < -0.39 is 0 Å². The van der Waals surface area contributed by atoms with Crippen LogP contribution in [0.4, 0.5) is 23.1 Å². The number of carbonyl (C=O) groups is 1. The van der Waals surface area contributed by atoms with Gasteiger partial charge in [-0.2, -0.15) is 4.98 Å². The van der Waals surface area contributed by atoms with Crippen molar-refractivity contribution in [3.05, 3.63) is 30.3 Å². The molecule has 0 bridgehead atoms. The molecule has 1 amide bonds. The number of anilines is 4. The molecular formula is C29H39N9O3. The topological polar surface area (TPSA) is 116 Å². The van der Waals surface area contributed by atoms with E-state index in [2.05, 4.69) is 49.2 Å². The molecule has 6 rings (SSSR count). The molecule has 3 aliphatic rings. The van der Waals surface area contributed by atoms with Gasteiger partial charge < -0.3 is 29.2 Å². The summed E-state index contributed by atoms with van der Waals surface area (Å²) >= 11 is 0. The van der Waals surface area contributed by atoms with E-state index in [-0.39, 0.29) is 11.9 Å². The van der Waals surface area contributed by atoms with Gasteiger partial charge in [0.1, 0.15) is 17.5 Å². The number of aromatic nitrogens is 4. The number of carbonyl (C=O) groups excluding carboxylic acids is 1. The minimum atomic E-state index is -0.220. The van der Waals surface area contributed by atoms with Crippen LogP contribution in [0.15, 0.2) is 28.8 Å². The van der Waals surface area contributed by atoms with Crippen LogP contribution >= 0.6 is 0 Å². The van der Waals surface area contributed by atoms with E-state index in [1.54, 1.807) is 18.2 Å². The molecule has 0 radical (unpaired) electrons. The van der Waals surface area contributed by atoms with Crippen LogP contribution in [0, 0.1) is 0 Å². The number of benzene rings is 1. The number of amides is 1. The van der Waals surface area contributed by atoms with Crippen LogP contribution in [0.2, 0.25) is 0 Å². The summed E-state index contributed by atoms with van der Waals surface area (Å²) in [5.41, 5.74) is 2.23. The van der Waals surface area contributed by atoms with Gasteiger partial charge in [0, 0.05) is 44.8 Å². The highest BCUT2D eigenvalue weighted by atomic mass is 16.5. The Morgan fingerprint density at radius 3 is 2.61 bits per heavy atom. The fraction of sp³-hybridized carbons (Fsp3) is 0.552. The third kappa shape index (κ3) is 5.45. The molecule has 1 N–H and O–H groups in total. The lowest BCUT2D eigenvalue weighted by atomic mass is 10.0. The largest absolute Gasteiger partial charge is 0.495 e. The Labute approximate surface area is 240 Å². The number of fused-ring (bicyclic) bond motifs is 1. The minimum Gasteiger partial charge on any atom is -0.495 e. The average molecular weight is 562 g/mol. The zero-order valence-corrected chi connectivity index (χ0v) is 24.3. The molecule has 0 unspecified atom stereocenters. The van der Waals surface area contributed by atoms with Crippen LogP contribution in [0.25, 0.3) is 11.5 Å². The van der Waals surface area contributed by atoms with E-state index in [0.717, 1.165) is 62.5 Å². The summed E-state index contributed by atoms with van der Waals surface area (Å²) in [4.78, 5) is 31.3. The first-order valence-corrected chi connectivity index (χ1v) is 14.6. The molecule has 0 spiro atoms. The Bertz CT molecular complexity index is 1380. The molecule has 1 aliphatic carbocycles. The zero-order valence-electron chi connectivity index (χ0n) is 24.3. The minimum absolute atomic E-state index is 0.0983. The maximum absolute atomic E-state index is 13.2. The number of piperazine rings is 1. The van der Waals surface area contributed by atoms with E-state index in [1.807, 2.05) is 25.2 Å². The highest BCUT2D eigenvalue weighted by Crippen LogP contribution is 2.40. The quantitative estimate of drug-likeness (QED) is 0.435. The monoisotopic (exact) mass is 561 g/mol. The molecule has 1 saturated heterocycles. The van der Waals surface area contributed by atoms with E-state index in [9.17, 15) is 4.79 Å². The number of rotatable bonds is 8. The number of nitrogens with one attached hydrogen (secondary N) is 1. The van der Waals surface area contributed by atoms with E-state index in [0.29, 0.717) is 41.8 Å². The van der Waals surface area contributed by atoms with Crippen molar-refractivity contribution in [3.63, 3.8) is 0 Å². The molecule has 12 heteroatoms. The molecule has 41 heavy (non-hydrogen) atoms. The summed E-state index contributed by atoms with van der Waals surface area (Å²) in [6, 6.07) is 5.78. The zero-order chi connectivity index (χ0) is 28.5. The molecule has 218 valence electrons. The van der Waals surface area contributed by atoms with Gasteiger partial charge in [-0.15, -0.1) is 10.2 Å². The smallest absolute Gasteiger partial charge is 0.249 e. The van der Waals surface area contributed by atoms with Crippen LogP contribution in [0.3, 0.4) is 0 Å². The summed E-state index contributed by atoms with van der Waals surface area (Å²) < 4.78 is 11.7. The number of likely N-dealkylation sites (N-methyl/N-ethyl adjacent to an activating group) is 2. The van der Waals surface area contributed by atoms with Crippen LogP contribution in [-0.2, 0) is 11.3 Å². The Morgan fingerprint density at radius 1 is 1.10 bits per heavy atom. The van der Waals surface area contributed by atoms with Gasteiger partial charge in [0.2, 0.25) is 23.6 Å². The molecule has 4 heterocycles. The third-order valence-electron chi connectivity index (χ3n) is 8.53. The molecule has 2 fully saturated rings. The Balaban J connectivity index is 1.23. The molecule has 2 aliphatic heterocycles. The Hall–Kier alpha value is -3.77. The molecule has 12 nitrogen and oxygen atoms in total. The highest BCUT2D eigenvalue weighted by molar-refractivity contribution is 6.04. The van der Waals surface area contributed by atoms with E-state index >= 15 is 0 Å². The molecule has 3 aromatic rings. The predicted molar refractivity (Wildman–Crippen MR) is 157 cm³/mol. The van der Waals surface area contributed by atoms with Crippen molar-refractivity contribution < 1.29 is 13.9 Å². The summed E-state index contributed by atoms with van der Waals surface area (Å²) in [6.07, 6.45) is 6.96. The van der Waals surface area contributed by atoms with Gasteiger partial charge in [0.05, 0.1) is 25.5 Å². The van der Waals surface area contributed by atoms with Crippen molar-refractivity contribution in [1.82, 2.24) is 30.0 Å². The van der Waals surface area contributed by atoms with Gasteiger partial charge in [0.15, 0.2) is 5.82 Å². The number of hydrogen-bond donors (Lipinski definition) is 1. The van der Waals surface area contributed by atoms with Gasteiger partial charge in [-0.3, -0.25) is 9.69 Å². The molecular weight excluding hydrogens is 522 g/mol. The number of hydrogen-bond acceptors (Lipinski definition) is 11. The first kappa shape index (κ1) is 27.4. The van der Waals surface area contributed by atoms with Gasteiger partial charge in [0.25, 0.3) is 0 Å². The Morgan fingerprint density at radius 2 is 1.88 bits per heavy atom. The maximum atomic E-state index is 13.2. The standard InChI is InChI=1S/C29H39N9O3/c1-5-22-28(39)36(3)23-17-30-29(32-26(23)38(22)20-8-6-7-9-20)31-21-11-10-19(16-24(21)40-4)27-34-33-25(41-27)18-37-14-12-35(2)13-15-37/h10-11,16-17,20,22H,5-9,12-15,18H2,1-4H3,(H,30,31,32)/t22-/m1/s1. The van der Waals surface area contributed by atoms with Crippen molar-refractivity contribution in [2.45, 2.75) is 57.7 Å². The summed E-state index contributed by atoms with van der Waals surface area (Å²) in [5, 5.41) is 11.9. The lowest BCUT2D eigenvalue weighted by molar-refractivity contribution is -0.120. The van der Waals surface area contributed by atoms with Crippen molar-refractivity contribution in [2.24, 2.45) is 0 Å². The van der Waals surface area contributed by atoms with Gasteiger partial charge >= 0.3 is 0 Å². The fourth-order valence-corrected chi connectivity index (χ4v) is 6.12. The first-order valence-electron chi connectivity index (χ1n) is 14.6. The summed E-state index contributed by atoms with van der Waals surface area (Å²) in [6.45, 7) is 6.74. The summed E-state index contributed by atoms with van der Waals surface area (Å²) in [5.74, 6) is 3.01. The highest BCUT2D eigenvalue weighted by Gasteiger charge is 2.41. The second-order valence-corrected chi connectivity index (χ2v) is 11.2.